The Bertz CT molecular complexity index is 533. The van der Waals surface area contributed by atoms with E-state index in [-0.39, 0.29) is 19.4 Å². The second kappa shape index (κ2) is 7.59. The molecule has 1 amide bonds. The van der Waals surface area contributed by atoms with Crippen LogP contribution in [0.4, 0.5) is 5.69 Å². The van der Waals surface area contributed by atoms with E-state index in [1.807, 2.05) is 0 Å². The largest absolute Gasteiger partial charge is 0.481 e. The maximum atomic E-state index is 12.2. The SMILES string of the molecule is CC(C)(C)OC(=O)CN(C(=O)CCC(=O)O)c1ccccc1. The van der Waals surface area contributed by atoms with E-state index < -0.39 is 23.4 Å². The average molecular weight is 307 g/mol. The summed E-state index contributed by atoms with van der Waals surface area (Å²) in [4.78, 5) is 36.0. The number of amides is 1. The van der Waals surface area contributed by atoms with Crippen molar-refractivity contribution in [3.8, 4) is 0 Å². The maximum absolute atomic E-state index is 12.2. The van der Waals surface area contributed by atoms with Gasteiger partial charge in [0.15, 0.2) is 0 Å². The van der Waals surface area contributed by atoms with Crippen LogP contribution in [0.5, 0.6) is 0 Å². The van der Waals surface area contributed by atoms with Gasteiger partial charge in [0, 0.05) is 12.1 Å². The van der Waals surface area contributed by atoms with Crippen molar-refractivity contribution in [1.29, 1.82) is 0 Å². The quantitative estimate of drug-likeness (QED) is 0.815. The van der Waals surface area contributed by atoms with Crippen molar-refractivity contribution in [2.75, 3.05) is 11.4 Å². The van der Waals surface area contributed by atoms with Gasteiger partial charge in [0.1, 0.15) is 12.1 Å². The van der Waals surface area contributed by atoms with Crippen molar-refractivity contribution < 1.29 is 24.2 Å². The predicted molar refractivity (Wildman–Crippen MR) is 81.5 cm³/mol. The van der Waals surface area contributed by atoms with Crippen LogP contribution in [0.15, 0.2) is 30.3 Å². The third kappa shape index (κ3) is 6.39. The second-order valence-corrected chi connectivity index (χ2v) is 5.80. The number of carbonyl (C=O) groups excluding carboxylic acids is 2. The zero-order chi connectivity index (χ0) is 16.8. The molecule has 0 saturated heterocycles. The van der Waals surface area contributed by atoms with Crippen LogP contribution in [0.3, 0.4) is 0 Å². The third-order valence-corrected chi connectivity index (χ3v) is 2.63. The molecule has 0 aliphatic carbocycles. The Kier molecular flexibility index (Phi) is 6.10. The van der Waals surface area contributed by atoms with E-state index in [0.29, 0.717) is 5.69 Å². The predicted octanol–water partition coefficient (Wildman–Crippen LogP) is 2.23. The van der Waals surface area contributed by atoms with Gasteiger partial charge in [-0.15, -0.1) is 0 Å². The third-order valence-electron chi connectivity index (χ3n) is 2.63. The summed E-state index contributed by atoms with van der Waals surface area (Å²) in [6, 6.07) is 8.63. The molecule has 0 unspecified atom stereocenters. The van der Waals surface area contributed by atoms with Crippen molar-refractivity contribution in [2.45, 2.75) is 39.2 Å². The van der Waals surface area contributed by atoms with Gasteiger partial charge in [-0.05, 0) is 32.9 Å². The molecular formula is C16H21NO5. The van der Waals surface area contributed by atoms with Gasteiger partial charge < -0.3 is 14.7 Å². The molecule has 0 fully saturated rings. The molecule has 0 aromatic heterocycles. The minimum Gasteiger partial charge on any atom is -0.481 e. The fourth-order valence-corrected chi connectivity index (χ4v) is 1.78. The van der Waals surface area contributed by atoms with Gasteiger partial charge in [-0.25, -0.2) is 0 Å². The number of benzene rings is 1. The minimum atomic E-state index is -1.06. The van der Waals surface area contributed by atoms with Gasteiger partial charge in [-0.2, -0.15) is 0 Å². The molecule has 0 spiro atoms. The summed E-state index contributed by atoms with van der Waals surface area (Å²) in [5, 5.41) is 8.69. The lowest BCUT2D eigenvalue weighted by molar-refractivity contribution is -0.153. The number of carboxylic acids is 1. The van der Waals surface area contributed by atoms with Gasteiger partial charge in [0.25, 0.3) is 0 Å². The number of carbonyl (C=O) groups is 3. The number of hydrogen-bond acceptors (Lipinski definition) is 4. The van der Waals surface area contributed by atoms with Crippen LogP contribution < -0.4 is 4.90 Å². The number of esters is 1. The van der Waals surface area contributed by atoms with E-state index in [0.717, 1.165) is 0 Å². The first-order valence-corrected chi connectivity index (χ1v) is 6.98. The Hall–Kier alpha value is -2.37. The minimum absolute atomic E-state index is 0.174. The molecule has 0 saturated carbocycles. The Morgan fingerprint density at radius 1 is 1.09 bits per heavy atom. The molecule has 1 N–H and O–H groups in total. The molecule has 1 aromatic rings. The summed E-state index contributed by atoms with van der Waals surface area (Å²) < 4.78 is 5.22. The van der Waals surface area contributed by atoms with E-state index in [1.165, 1.54) is 4.90 Å². The van der Waals surface area contributed by atoms with Crippen molar-refractivity contribution in [3.63, 3.8) is 0 Å². The van der Waals surface area contributed by atoms with Crippen molar-refractivity contribution >= 4 is 23.5 Å². The van der Waals surface area contributed by atoms with Gasteiger partial charge in [0.2, 0.25) is 5.91 Å². The highest BCUT2D eigenvalue weighted by molar-refractivity contribution is 5.98. The van der Waals surface area contributed by atoms with Gasteiger partial charge in [-0.3, -0.25) is 14.4 Å². The number of nitrogens with zero attached hydrogens (tertiary/aromatic N) is 1. The van der Waals surface area contributed by atoms with Crippen LogP contribution in [-0.2, 0) is 19.1 Å². The topological polar surface area (TPSA) is 83.9 Å². The molecule has 120 valence electrons. The van der Waals surface area contributed by atoms with Crippen LogP contribution in [0, 0.1) is 0 Å². The monoisotopic (exact) mass is 307 g/mol. The van der Waals surface area contributed by atoms with E-state index in [9.17, 15) is 14.4 Å². The van der Waals surface area contributed by atoms with E-state index in [4.69, 9.17) is 9.84 Å². The summed E-state index contributed by atoms with van der Waals surface area (Å²) in [5.74, 6) is -2.03. The van der Waals surface area contributed by atoms with Gasteiger partial charge >= 0.3 is 11.9 Å². The standard InChI is InChI=1S/C16H21NO5/c1-16(2,3)22-15(21)11-17(12-7-5-4-6-8-12)13(18)9-10-14(19)20/h4-8H,9-11H2,1-3H3,(H,19,20). The van der Waals surface area contributed by atoms with Crippen molar-refractivity contribution in [2.24, 2.45) is 0 Å². The first-order chi connectivity index (χ1) is 10.2. The van der Waals surface area contributed by atoms with Crippen molar-refractivity contribution in [3.05, 3.63) is 30.3 Å². The van der Waals surface area contributed by atoms with Crippen LogP contribution in [0.25, 0.3) is 0 Å². The first kappa shape index (κ1) is 17.7. The second-order valence-electron chi connectivity index (χ2n) is 5.80. The smallest absolute Gasteiger partial charge is 0.326 e. The van der Waals surface area contributed by atoms with Gasteiger partial charge in [0.05, 0.1) is 6.42 Å². The molecule has 0 aliphatic rings. The molecule has 1 rings (SSSR count). The fraction of sp³-hybridized carbons (Fsp3) is 0.438. The molecule has 22 heavy (non-hydrogen) atoms. The molecule has 0 atom stereocenters. The maximum Gasteiger partial charge on any atom is 0.326 e. The van der Waals surface area contributed by atoms with Crippen LogP contribution >= 0.6 is 0 Å². The van der Waals surface area contributed by atoms with E-state index in [1.54, 1.807) is 51.1 Å². The number of rotatable bonds is 6. The number of ether oxygens (including phenoxy) is 1. The first-order valence-electron chi connectivity index (χ1n) is 6.98. The lowest BCUT2D eigenvalue weighted by atomic mass is 10.2. The Balaban J connectivity index is 2.85. The Labute approximate surface area is 129 Å². The highest BCUT2D eigenvalue weighted by atomic mass is 16.6. The van der Waals surface area contributed by atoms with E-state index in [2.05, 4.69) is 0 Å². The summed E-state index contributed by atoms with van der Waals surface area (Å²) in [6.45, 7) is 4.97. The van der Waals surface area contributed by atoms with Crippen LogP contribution in [-0.4, -0.2) is 35.1 Å². The highest BCUT2D eigenvalue weighted by Gasteiger charge is 2.23. The Morgan fingerprint density at radius 2 is 1.68 bits per heavy atom. The number of aliphatic carboxylic acids is 1. The number of anilines is 1. The Morgan fingerprint density at radius 3 is 2.18 bits per heavy atom. The average Bonchev–Trinajstić information content (AvgIpc) is 2.41. The lowest BCUT2D eigenvalue weighted by Gasteiger charge is -2.25. The van der Waals surface area contributed by atoms with Crippen molar-refractivity contribution in [1.82, 2.24) is 0 Å². The highest BCUT2D eigenvalue weighted by Crippen LogP contribution is 2.16. The molecule has 0 heterocycles. The number of hydrogen-bond donors (Lipinski definition) is 1. The number of para-hydroxylation sites is 1. The molecular weight excluding hydrogens is 286 g/mol. The normalized spacial score (nSPS) is 10.9. The van der Waals surface area contributed by atoms with Gasteiger partial charge in [-0.1, -0.05) is 18.2 Å². The molecule has 0 aliphatic heterocycles. The molecule has 0 bridgehead atoms. The molecule has 6 heteroatoms. The zero-order valence-electron chi connectivity index (χ0n) is 13.0. The zero-order valence-corrected chi connectivity index (χ0v) is 13.0. The number of carboxylic acid groups (broad SMARTS) is 1. The molecule has 1 aromatic carbocycles. The summed E-state index contributed by atoms with van der Waals surface area (Å²) in [5.41, 5.74) is -0.118. The molecule has 0 radical (unpaired) electrons. The van der Waals surface area contributed by atoms with Crippen LogP contribution in [0.1, 0.15) is 33.6 Å². The molecule has 6 nitrogen and oxygen atoms in total. The summed E-state index contributed by atoms with van der Waals surface area (Å²) in [7, 11) is 0. The summed E-state index contributed by atoms with van der Waals surface area (Å²) in [6.07, 6.45) is -0.455. The van der Waals surface area contributed by atoms with E-state index >= 15 is 0 Å². The fourth-order valence-electron chi connectivity index (χ4n) is 1.78. The van der Waals surface area contributed by atoms with Crippen LogP contribution in [0.2, 0.25) is 0 Å². The summed E-state index contributed by atoms with van der Waals surface area (Å²) >= 11 is 0. The lowest BCUT2D eigenvalue weighted by Crippen LogP contribution is -2.39.